The molecular weight excluding hydrogens is 362 g/mol. The van der Waals surface area contributed by atoms with Crippen LogP contribution in [0.15, 0.2) is 36.9 Å². The molecule has 0 aromatic heterocycles. The maximum Gasteiger partial charge on any atom is 0.315 e. The van der Waals surface area contributed by atoms with E-state index in [0.29, 0.717) is 24.2 Å². The van der Waals surface area contributed by atoms with E-state index in [4.69, 9.17) is 15.9 Å². The van der Waals surface area contributed by atoms with E-state index in [0.717, 1.165) is 0 Å². The third-order valence-corrected chi connectivity index (χ3v) is 4.29. The molecule has 9 nitrogen and oxygen atoms in total. The Kier molecular flexibility index (Phi) is 7.14. The number of ether oxygens (including phenoxy) is 1. The predicted molar refractivity (Wildman–Crippen MR) is 105 cm³/mol. The normalized spacial score (nSPS) is 17.0. The number of carbonyl (C=O) groups is 3. The van der Waals surface area contributed by atoms with Gasteiger partial charge in [0.05, 0.1) is 19.1 Å². The first kappa shape index (κ1) is 20.9. The third kappa shape index (κ3) is 5.32. The number of rotatable bonds is 8. The summed E-state index contributed by atoms with van der Waals surface area (Å²) in [4.78, 5) is 37.9. The summed E-state index contributed by atoms with van der Waals surface area (Å²) in [5.74, 6) is -0.716. The second-order valence-corrected chi connectivity index (χ2v) is 6.26. The number of urea groups is 1. The van der Waals surface area contributed by atoms with Crippen LogP contribution in [-0.4, -0.2) is 49.0 Å². The Morgan fingerprint density at radius 2 is 2.11 bits per heavy atom. The lowest BCUT2D eigenvalue weighted by atomic mass is 10.2. The highest BCUT2D eigenvalue weighted by atomic mass is 16.5. The van der Waals surface area contributed by atoms with Gasteiger partial charge >= 0.3 is 12.0 Å². The van der Waals surface area contributed by atoms with Gasteiger partial charge in [0.15, 0.2) is 0 Å². The Morgan fingerprint density at radius 3 is 2.68 bits per heavy atom. The quantitative estimate of drug-likeness (QED) is 0.227. The number of nitrogens with two attached hydrogens (primary N) is 1. The van der Waals surface area contributed by atoms with Gasteiger partial charge in [-0.25, -0.2) is 4.79 Å². The first-order valence-corrected chi connectivity index (χ1v) is 8.96. The van der Waals surface area contributed by atoms with Gasteiger partial charge < -0.3 is 26.0 Å². The highest BCUT2D eigenvalue weighted by Crippen LogP contribution is 2.22. The average Bonchev–Trinajstić information content (AvgIpc) is 3.01. The molecule has 0 radical (unpaired) electrons. The molecule has 1 unspecified atom stereocenters. The number of nitrogens with one attached hydrogen (secondary N) is 3. The zero-order chi connectivity index (χ0) is 20.7. The molecule has 1 fully saturated rings. The van der Waals surface area contributed by atoms with Crippen molar-refractivity contribution >= 4 is 29.4 Å². The molecule has 0 aliphatic carbocycles. The van der Waals surface area contributed by atoms with Crippen molar-refractivity contribution in [2.75, 3.05) is 18.1 Å². The molecule has 0 bridgehead atoms. The molecule has 2 atom stereocenters. The molecule has 1 aliphatic heterocycles. The fourth-order valence-electron chi connectivity index (χ4n) is 2.85. The van der Waals surface area contributed by atoms with Gasteiger partial charge in [-0.3, -0.25) is 15.0 Å². The van der Waals surface area contributed by atoms with Crippen LogP contribution in [0.3, 0.4) is 0 Å². The number of hydrogen-bond acceptors (Lipinski definition) is 5. The number of hydrogen-bond donors (Lipinski definition) is 4. The topological polar surface area (TPSA) is 138 Å². The molecule has 28 heavy (non-hydrogen) atoms. The van der Waals surface area contributed by atoms with Gasteiger partial charge in [-0.05, 0) is 37.6 Å². The zero-order valence-corrected chi connectivity index (χ0v) is 15.7. The molecule has 1 aromatic carbocycles. The van der Waals surface area contributed by atoms with E-state index >= 15 is 0 Å². The van der Waals surface area contributed by atoms with E-state index < -0.39 is 24.1 Å². The van der Waals surface area contributed by atoms with Crippen molar-refractivity contribution in [3.8, 4) is 0 Å². The van der Waals surface area contributed by atoms with Crippen molar-refractivity contribution < 1.29 is 19.1 Å². The summed E-state index contributed by atoms with van der Waals surface area (Å²) in [5, 5.41) is 12.6. The van der Waals surface area contributed by atoms with Gasteiger partial charge in [0.1, 0.15) is 11.9 Å². The van der Waals surface area contributed by atoms with Crippen molar-refractivity contribution in [1.82, 2.24) is 10.6 Å². The van der Waals surface area contributed by atoms with E-state index in [9.17, 15) is 14.4 Å². The SMILES string of the molecule is C=CC(CC(=O)OCC)NC(=O)N[C@H]1CCN(c2ccc(C(=N)N)cc2)C1=O. The molecule has 0 spiro atoms. The molecule has 1 aromatic rings. The smallest absolute Gasteiger partial charge is 0.315 e. The fourth-order valence-corrected chi connectivity index (χ4v) is 2.85. The van der Waals surface area contributed by atoms with Gasteiger partial charge in [-0.2, -0.15) is 0 Å². The number of esters is 1. The zero-order valence-electron chi connectivity index (χ0n) is 15.7. The van der Waals surface area contributed by atoms with E-state index in [2.05, 4.69) is 17.2 Å². The van der Waals surface area contributed by atoms with Crippen LogP contribution < -0.4 is 21.3 Å². The molecule has 150 valence electrons. The van der Waals surface area contributed by atoms with E-state index in [1.54, 1.807) is 36.1 Å². The number of anilines is 1. The summed E-state index contributed by atoms with van der Waals surface area (Å²) in [7, 11) is 0. The van der Waals surface area contributed by atoms with Crippen molar-refractivity contribution in [2.24, 2.45) is 5.73 Å². The Hall–Kier alpha value is -3.36. The summed E-state index contributed by atoms with van der Waals surface area (Å²) in [6.45, 7) is 6.01. The summed E-state index contributed by atoms with van der Waals surface area (Å²) in [5.41, 5.74) is 6.67. The highest BCUT2D eigenvalue weighted by molar-refractivity contribution is 6.02. The van der Waals surface area contributed by atoms with Crippen LogP contribution in [0.25, 0.3) is 0 Å². The Bertz CT molecular complexity index is 762. The minimum atomic E-state index is -0.666. The molecule has 1 heterocycles. The van der Waals surface area contributed by atoms with Gasteiger partial charge in [-0.15, -0.1) is 6.58 Å². The van der Waals surface area contributed by atoms with Gasteiger partial charge in [0, 0.05) is 17.8 Å². The molecular formula is C19H25N5O4. The van der Waals surface area contributed by atoms with Crippen LogP contribution in [0.5, 0.6) is 0 Å². The van der Waals surface area contributed by atoms with Crippen LogP contribution in [0.4, 0.5) is 10.5 Å². The number of benzene rings is 1. The highest BCUT2D eigenvalue weighted by Gasteiger charge is 2.33. The van der Waals surface area contributed by atoms with E-state index in [1.165, 1.54) is 6.08 Å². The minimum Gasteiger partial charge on any atom is -0.466 e. The van der Waals surface area contributed by atoms with Gasteiger partial charge in [0.25, 0.3) is 0 Å². The third-order valence-electron chi connectivity index (χ3n) is 4.29. The van der Waals surface area contributed by atoms with Crippen LogP contribution in [0.1, 0.15) is 25.3 Å². The standard InChI is InChI=1S/C19H25N5O4/c1-3-13(11-16(25)28-4-2)22-19(27)23-15-9-10-24(18(15)26)14-7-5-12(6-8-14)17(20)21/h3,5-8,13,15H,1,4,9-11H2,2H3,(H3,20,21)(H2,22,23,27)/t13?,15-/m0/s1. The maximum atomic E-state index is 12.6. The lowest BCUT2D eigenvalue weighted by Gasteiger charge is -2.19. The molecule has 3 amide bonds. The largest absolute Gasteiger partial charge is 0.466 e. The Labute approximate surface area is 163 Å². The number of carbonyl (C=O) groups excluding carboxylic acids is 3. The second kappa shape index (κ2) is 9.54. The summed E-state index contributed by atoms with van der Waals surface area (Å²) in [6.07, 6.45) is 1.87. The van der Waals surface area contributed by atoms with Gasteiger partial charge in [-0.1, -0.05) is 6.08 Å². The number of amidine groups is 1. The van der Waals surface area contributed by atoms with Crippen LogP contribution in [0.2, 0.25) is 0 Å². The lowest BCUT2D eigenvalue weighted by molar-refractivity contribution is -0.143. The first-order valence-electron chi connectivity index (χ1n) is 8.96. The second-order valence-electron chi connectivity index (χ2n) is 6.26. The molecule has 1 saturated heterocycles. The minimum absolute atomic E-state index is 0.0298. The van der Waals surface area contributed by atoms with Crippen molar-refractivity contribution in [2.45, 2.75) is 31.8 Å². The van der Waals surface area contributed by atoms with Crippen molar-refractivity contribution in [3.05, 3.63) is 42.5 Å². The first-order chi connectivity index (χ1) is 13.3. The monoisotopic (exact) mass is 387 g/mol. The molecule has 5 N–H and O–H groups in total. The van der Waals surface area contributed by atoms with Crippen LogP contribution in [-0.2, 0) is 14.3 Å². The summed E-state index contributed by atoms with van der Waals surface area (Å²) < 4.78 is 4.85. The van der Waals surface area contributed by atoms with Crippen molar-refractivity contribution in [1.29, 1.82) is 5.41 Å². The molecule has 1 aliphatic rings. The van der Waals surface area contributed by atoms with E-state index in [1.807, 2.05) is 0 Å². The number of nitrogens with zero attached hydrogens (tertiary/aromatic N) is 1. The summed E-state index contributed by atoms with van der Waals surface area (Å²) in [6, 6.07) is 4.95. The van der Waals surface area contributed by atoms with Crippen LogP contribution >= 0.6 is 0 Å². The van der Waals surface area contributed by atoms with Crippen LogP contribution in [0, 0.1) is 5.41 Å². The molecule has 2 rings (SSSR count). The predicted octanol–water partition coefficient (Wildman–Crippen LogP) is 0.883. The number of nitrogen functional groups attached to an aromatic ring is 1. The molecule has 0 saturated carbocycles. The van der Waals surface area contributed by atoms with Gasteiger partial charge in [0.2, 0.25) is 5.91 Å². The number of amides is 3. The van der Waals surface area contributed by atoms with Crippen molar-refractivity contribution in [3.63, 3.8) is 0 Å². The molecule has 9 heteroatoms. The van der Waals surface area contributed by atoms with E-state index in [-0.39, 0.29) is 24.8 Å². The lowest BCUT2D eigenvalue weighted by Crippen LogP contribution is -2.49. The average molecular weight is 387 g/mol. The maximum absolute atomic E-state index is 12.6. The summed E-state index contributed by atoms with van der Waals surface area (Å²) >= 11 is 0. The Morgan fingerprint density at radius 1 is 1.43 bits per heavy atom. The fraction of sp³-hybridized carbons (Fsp3) is 0.368. The Balaban J connectivity index is 1.91.